The maximum absolute atomic E-state index is 12.0. The van der Waals surface area contributed by atoms with Crippen molar-refractivity contribution in [1.29, 1.82) is 0 Å². The van der Waals surface area contributed by atoms with Gasteiger partial charge in [0, 0.05) is 0 Å². The minimum absolute atomic E-state index is 0.113. The number of esters is 1. The molecule has 0 aromatic heterocycles. The van der Waals surface area contributed by atoms with Crippen LogP contribution >= 0.6 is 0 Å². The van der Waals surface area contributed by atoms with Crippen molar-refractivity contribution in [3.8, 4) is 5.75 Å². The summed E-state index contributed by atoms with van der Waals surface area (Å²) in [4.78, 5) is 33.3. The van der Waals surface area contributed by atoms with Gasteiger partial charge < -0.3 is 20.1 Å². The van der Waals surface area contributed by atoms with Crippen LogP contribution in [0.1, 0.15) is 33.1 Å². The van der Waals surface area contributed by atoms with Crippen LogP contribution in [-0.2, 0) is 20.9 Å². The van der Waals surface area contributed by atoms with E-state index >= 15 is 0 Å². The predicted octanol–water partition coefficient (Wildman–Crippen LogP) is 3.00. The van der Waals surface area contributed by atoms with E-state index in [1.54, 1.807) is 24.3 Å². The normalized spacial score (nSPS) is 11.1. The maximum atomic E-state index is 12.0. The zero-order chi connectivity index (χ0) is 22.6. The van der Waals surface area contributed by atoms with Gasteiger partial charge in [0.2, 0.25) is 12.8 Å². The topological polar surface area (TPSA) is 93.7 Å². The first-order chi connectivity index (χ1) is 15.7. The highest BCUT2D eigenvalue weighted by atomic mass is 16.5. The Morgan fingerprint density at radius 1 is 0.875 bits per heavy atom. The van der Waals surface area contributed by atoms with Gasteiger partial charge in [-0.1, -0.05) is 54.6 Å². The number of hydrogen-bond donors (Lipinski definition) is 2. The van der Waals surface area contributed by atoms with Crippen LogP contribution in [0.3, 0.4) is 0 Å². The molecule has 3 rings (SSSR count). The third-order valence-corrected chi connectivity index (χ3v) is 4.72. The number of carbonyl (C=O) groups is 3. The molecule has 0 spiro atoms. The fourth-order valence-corrected chi connectivity index (χ4v) is 3.13. The molecule has 32 heavy (non-hydrogen) atoms. The molecule has 0 fully saturated rings. The van der Waals surface area contributed by atoms with Crippen LogP contribution in [0.15, 0.2) is 78.9 Å². The molecular weight excluding hydrogens is 408 g/mol. The van der Waals surface area contributed by atoms with Crippen LogP contribution in [-0.4, -0.2) is 31.9 Å². The van der Waals surface area contributed by atoms with Crippen molar-refractivity contribution in [2.24, 2.45) is 0 Å². The largest absolute Gasteiger partial charge is 0.489 e. The van der Waals surface area contributed by atoms with Gasteiger partial charge in [-0.05, 0) is 41.0 Å². The van der Waals surface area contributed by atoms with Gasteiger partial charge in [-0.15, -0.1) is 0 Å². The summed E-state index contributed by atoms with van der Waals surface area (Å²) >= 11 is 0. The van der Waals surface area contributed by atoms with Gasteiger partial charge in [0.25, 0.3) is 0 Å². The Morgan fingerprint density at radius 2 is 1.62 bits per heavy atom. The van der Waals surface area contributed by atoms with Crippen LogP contribution in [0.4, 0.5) is 0 Å². The second-order valence-electron chi connectivity index (χ2n) is 6.89. The number of nitrogens with one attached hydrogen (secondary N) is 2. The highest BCUT2D eigenvalue weighted by molar-refractivity contribution is 5.89. The smallest absolute Gasteiger partial charge is 0.338 e. The summed E-state index contributed by atoms with van der Waals surface area (Å²) in [6, 6.07) is 23.9. The van der Waals surface area contributed by atoms with Gasteiger partial charge in [-0.25, -0.2) is 4.79 Å². The molecule has 3 aromatic rings. The lowest BCUT2D eigenvalue weighted by Gasteiger charge is -2.18. The Hall–Kier alpha value is -4.13. The van der Waals surface area contributed by atoms with Crippen LogP contribution in [0.5, 0.6) is 5.75 Å². The number of hydrogen-bond acceptors (Lipinski definition) is 5. The predicted molar refractivity (Wildman–Crippen MR) is 119 cm³/mol. The lowest BCUT2D eigenvalue weighted by molar-refractivity contribution is -0.110. The fraction of sp³-hybridized carbons (Fsp3) is 0.160. The number of ether oxygens (including phenoxy) is 2. The fourth-order valence-electron chi connectivity index (χ4n) is 3.13. The number of benzene rings is 3. The van der Waals surface area contributed by atoms with Gasteiger partial charge in [-0.2, -0.15) is 0 Å². The lowest BCUT2D eigenvalue weighted by Crippen LogP contribution is -2.20. The van der Waals surface area contributed by atoms with Gasteiger partial charge in [-0.3, -0.25) is 9.59 Å². The van der Waals surface area contributed by atoms with Gasteiger partial charge in [0.1, 0.15) is 19.0 Å². The van der Waals surface area contributed by atoms with Gasteiger partial charge >= 0.3 is 5.97 Å². The Morgan fingerprint density at radius 3 is 2.34 bits per heavy atom. The minimum atomic E-state index is -0.451. The van der Waals surface area contributed by atoms with Crippen molar-refractivity contribution in [3.05, 3.63) is 101 Å². The Balaban J connectivity index is 1.60. The first-order valence-electron chi connectivity index (χ1n) is 10.1. The zero-order valence-electron chi connectivity index (χ0n) is 17.4. The summed E-state index contributed by atoms with van der Waals surface area (Å²) in [5.74, 6) is 0.217. The third kappa shape index (κ3) is 6.43. The molecule has 164 valence electrons. The Labute approximate surface area is 186 Å². The van der Waals surface area contributed by atoms with E-state index in [1.807, 2.05) is 54.6 Å². The van der Waals surface area contributed by atoms with Crippen molar-refractivity contribution in [3.63, 3.8) is 0 Å². The molecule has 0 aliphatic heterocycles. The van der Waals surface area contributed by atoms with E-state index in [4.69, 9.17) is 9.47 Å². The highest BCUT2D eigenvalue weighted by Gasteiger charge is 2.13. The van der Waals surface area contributed by atoms with Crippen molar-refractivity contribution in [1.82, 2.24) is 10.6 Å². The molecule has 0 heterocycles. The quantitative estimate of drug-likeness (QED) is 0.261. The monoisotopic (exact) mass is 432 g/mol. The molecule has 0 saturated heterocycles. The van der Waals surface area contributed by atoms with Gasteiger partial charge in [0.15, 0.2) is 0 Å². The summed E-state index contributed by atoms with van der Waals surface area (Å²) in [6.45, 7) is 0.703. The maximum Gasteiger partial charge on any atom is 0.338 e. The Kier molecular flexibility index (Phi) is 8.39. The molecule has 1 atom stereocenters. The van der Waals surface area contributed by atoms with Crippen molar-refractivity contribution in [2.45, 2.75) is 12.6 Å². The molecule has 7 nitrogen and oxygen atoms in total. The van der Waals surface area contributed by atoms with Crippen molar-refractivity contribution >= 4 is 18.8 Å². The van der Waals surface area contributed by atoms with E-state index in [0.29, 0.717) is 30.7 Å². The van der Waals surface area contributed by atoms with E-state index in [-0.39, 0.29) is 19.2 Å². The summed E-state index contributed by atoms with van der Waals surface area (Å²) in [7, 11) is 0. The number of carbonyl (C=O) groups excluding carboxylic acids is 3. The average molecular weight is 432 g/mol. The molecule has 0 saturated carbocycles. The molecule has 0 aliphatic rings. The summed E-state index contributed by atoms with van der Waals surface area (Å²) in [5, 5.41) is 5.28. The van der Waals surface area contributed by atoms with E-state index in [9.17, 15) is 14.4 Å². The number of amides is 2. The zero-order valence-corrected chi connectivity index (χ0v) is 17.4. The first kappa shape index (κ1) is 22.6. The van der Waals surface area contributed by atoms with E-state index in [0.717, 1.165) is 16.7 Å². The molecule has 2 N–H and O–H groups in total. The SMILES string of the molecule is O=CNCCOC(=O)c1ccc(COc2cccc(C(NC=O)c3ccccc3)c2)cc1. The van der Waals surface area contributed by atoms with E-state index < -0.39 is 5.97 Å². The molecule has 1 unspecified atom stereocenters. The van der Waals surface area contributed by atoms with Gasteiger partial charge in [0.05, 0.1) is 18.2 Å². The first-order valence-corrected chi connectivity index (χ1v) is 10.1. The second kappa shape index (κ2) is 11.9. The average Bonchev–Trinajstić information content (AvgIpc) is 2.85. The van der Waals surface area contributed by atoms with Crippen LogP contribution in [0.25, 0.3) is 0 Å². The molecule has 7 heteroatoms. The molecule has 0 radical (unpaired) electrons. The van der Waals surface area contributed by atoms with Crippen molar-refractivity contribution in [2.75, 3.05) is 13.2 Å². The second-order valence-corrected chi connectivity index (χ2v) is 6.89. The standard InChI is InChI=1S/C25H24N2O5/c28-17-26-13-14-31-25(30)21-11-9-19(10-12-21)16-32-23-8-4-7-22(15-23)24(27-18-29)20-5-2-1-3-6-20/h1-12,15,17-18,24H,13-14,16H2,(H,26,28)(H,27,29). The van der Waals surface area contributed by atoms with E-state index in [1.165, 1.54) is 0 Å². The Bertz CT molecular complexity index is 1020. The molecular formula is C25H24N2O5. The summed E-state index contributed by atoms with van der Waals surface area (Å²) < 4.78 is 11.0. The highest BCUT2D eigenvalue weighted by Crippen LogP contribution is 2.25. The molecule has 2 amide bonds. The molecule has 0 aliphatic carbocycles. The summed E-state index contributed by atoms with van der Waals surface area (Å²) in [5.41, 5.74) is 3.19. The van der Waals surface area contributed by atoms with Crippen LogP contribution in [0.2, 0.25) is 0 Å². The number of rotatable bonds is 12. The minimum Gasteiger partial charge on any atom is -0.489 e. The van der Waals surface area contributed by atoms with E-state index in [2.05, 4.69) is 10.6 Å². The third-order valence-electron chi connectivity index (χ3n) is 4.72. The van der Waals surface area contributed by atoms with Crippen LogP contribution in [0, 0.1) is 0 Å². The molecule has 3 aromatic carbocycles. The molecule has 0 bridgehead atoms. The lowest BCUT2D eigenvalue weighted by atomic mass is 9.99. The summed E-state index contributed by atoms with van der Waals surface area (Å²) in [6.07, 6.45) is 1.25. The van der Waals surface area contributed by atoms with Crippen LogP contribution < -0.4 is 15.4 Å². The van der Waals surface area contributed by atoms with Crippen molar-refractivity contribution < 1.29 is 23.9 Å².